The van der Waals surface area contributed by atoms with Gasteiger partial charge in [-0.1, -0.05) is 158 Å². The van der Waals surface area contributed by atoms with E-state index in [1.54, 1.807) is 0 Å². The maximum atomic E-state index is 9.49. The van der Waals surface area contributed by atoms with Gasteiger partial charge in [-0.25, -0.2) is 0 Å². The molecular weight excluding hydrogens is 775 g/mol. The fraction of sp³-hybridized carbons (Fsp3) is 0.0164. The van der Waals surface area contributed by atoms with Crippen molar-refractivity contribution < 1.29 is 6.85 Å². The van der Waals surface area contributed by atoms with E-state index in [1.807, 2.05) is 59.5 Å². The third-order valence-corrected chi connectivity index (χ3v) is 13.2. The van der Waals surface area contributed by atoms with Crippen LogP contribution in [0, 0.1) is 0 Å². The minimum absolute atomic E-state index is 0.0723. The number of nitrogens with zero attached hydrogens (tertiary/aromatic N) is 3. The summed E-state index contributed by atoms with van der Waals surface area (Å²) in [5, 5.41) is 2.13. The Kier molecular flexibility index (Phi) is 7.04. The Balaban J connectivity index is 1.10. The molecule has 0 saturated heterocycles. The van der Waals surface area contributed by atoms with Crippen molar-refractivity contribution in [2.45, 2.75) is 5.41 Å². The summed E-state index contributed by atoms with van der Waals surface area (Å²) in [6, 6.07) is 74.5. The average Bonchev–Trinajstić information content (AvgIpc) is 4.00. The smallest absolute Gasteiger partial charge is 0.0727 e. The number of hydrogen-bond acceptors (Lipinski definition) is 2. The molecule has 2 aliphatic carbocycles. The molecule has 1 aromatic heterocycles. The van der Waals surface area contributed by atoms with Crippen molar-refractivity contribution in [2.24, 2.45) is 0 Å². The zero-order valence-electron chi connectivity index (χ0n) is 39.6. The van der Waals surface area contributed by atoms with Crippen LogP contribution in [-0.2, 0) is 5.41 Å². The van der Waals surface area contributed by atoms with E-state index in [-0.39, 0.29) is 17.8 Å². The van der Waals surface area contributed by atoms with Gasteiger partial charge in [-0.15, -0.1) is 0 Å². The molecule has 3 heteroatoms. The summed E-state index contributed by atoms with van der Waals surface area (Å²) < 4.78 is 47.7. The van der Waals surface area contributed by atoms with Crippen LogP contribution in [0.1, 0.15) is 29.1 Å². The first kappa shape index (κ1) is 31.4. The third-order valence-electron chi connectivity index (χ3n) is 13.2. The Morgan fingerprint density at radius 2 is 0.781 bits per heavy atom. The maximum Gasteiger partial charge on any atom is 0.0727 e. The van der Waals surface area contributed by atoms with Gasteiger partial charge in [-0.2, -0.15) is 0 Å². The first-order valence-electron chi connectivity index (χ1n) is 24.2. The molecule has 1 unspecified atom stereocenters. The van der Waals surface area contributed by atoms with Crippen molar-refractivity contribution in [1.82, 2.24) is 4.57 Å². The second-order valence-electron chi connectivity index (χ2n) is 16.5. The molecule has 10 aromatic carbocycles. The summed E-state index contributed by atoms with van der Waals surface area (Å²) in [5.74, 6) is 0. The van der Waals surface area contributed by atoms with Gasteiger partial charge in [0.15, 0.2) is 0 Å². The van der Waals surface area contributed by atoms with Gasteiger partial charge in [0.2, 0.25) is 0 Å². The lowest BCUT2D eigenvalue weighted by Crippen LogP contribution is -2.26. The van der Waals surface area contributed by atoms with Gasteiger partial charge < -0.3 is 14.4 Å². The molecule has 0 aliphatic heterocycles. The molecular formula is C61H41N3. The maximum absolute atomic E-state index is 9.49. The molecule has 1 atom stereocenters. The summed E-state index contributed by atoms with van der Waals surface area (Å²) in [5.41, 5.74) is 15.7. The first-order valence-corrected chi connectivity index (χ1v) is 21.7. The van der Waals surface area contributed by atoms with Gasteiger partial charge in [0.05, 0.1) is 23.3 Å². The molecule has 13 rings (SSSR count). The van der Waals surface area contributed by atoms with Crippen LogP contribution in [0.3, 0.4) is 0 Å². The SMILES string of the molecule is [2H]c1c([2H])c([2H])c(N(c2ccc3c(c2)C2(c4ccccc4-c4ccc(N(c5ccccc5)c5ccccc5)cc42)c2ccccc2-3)c2ccc3c4ccccc4n(-c4ccccc4)c3c2)c([2H])c1[2H]. The van der Waals surface area contributed by atoms with Crippen LogP contribution in [0.15, 0.2) is 249 Å². The molecule has 64 heavy (non-hydrogen) atoms. The highest BCUT2D eigenvalue weighted by Crippen LogP contribution is 2.64. The number of hydrogen-bond donors (Lipinski definition) is 0. The minimum Gasteiger partial charge on any atom is -0.310 e. The summed E-state index contributed by atoms with van der Waals surface area (Å²) >= 11 is 0. The second kappa shape index (κ2) is 14.3. The molecule has 0 bridgehead atoms. The molecule has 0 radical (unpaired) electrons. The van der Waals surface area contributed by atoms with Crippen molar-refractivity contribution >= 4 is 55.9 Å². The first-order chi connectivity index (χ1) is 33.8. The molecule has 0 N–H and O–H groups in total. The minimum atomic E-state index is -0.780. The van der Waals surface area contributed by atoms with Crippen LogP contribution in [0.4, 0.5) is 34.1 Å². The van der Waals surface area contributed by atoms with Crippen molar-refractivity contribution in [3.05, 3.63) is 271 Å². The van der Waals surface area contributed by atoms with E-state index in [2.05, 4.69) is 173 Å². The lowest BCUT2D eigenvalue weighted by molar-refractivity contribution is 0.793. The molecule has 0 saturated carbocycles. The normalized spacial score (nSPS) is 15.4. The van der Waals surface area contributed by atoms with E-state index in [0.29, 0.717) is 11.4 Å². The standard InChI is InChI=1S/C61H41N3/c1-5-19-42(20-6-1)62(43-21-7-2-8-22-43)46-33-36-51-49-27-13-16-30-55(49)61(57(51)39-46)56-31-17-14-28-50(56)52-37-34-47(40-58(52)61)63(44-23-9-3-10-24-44)48-35-38-54-53-29-15-18-32-59(53)64(60(54)41-48)45-25-11-4-12-26-45/h1-41H/i3D,9D,10D,23D,24D. The number of benzene rings is 10. The van der Waals surface area contributed by atoms with Gasteiger partial charge in [0.25, 0.3) is 0 Å². The molecule has 0 fully saturated rings. The van der Waals surface area contributed by atoms with Crippen LogP contribution in [0.5, 0.6) is 0 Å². The van der Waals surface area contributed by atoms with Crippen LogP contribution < -0.4 is 9.80 Å². The van der Waals surface area contributed by atoms with E-state index < -0.39 is 23.5 Å². The molecule has 0 amide bonds. The zero-order valence-corrected chi connectivity index (χ0v) is 34.6. The lowest BCUT2D eigenvalue weighted by Gasteiger charge is -2.33. The second-order valence-corrected chi connectivity index (χ2v) is 16.5. The topological polar surface area (TPSA) is 11.4 Å². The van der Waals surface area contributed by atoms with Crippen molar-refractivity contribution in [3.63, 3.8) is 0 Å². The highest BCUT2D eigenvalue weighted by Gasteiger charge is 2.52. The molecule has 3 nitrogen and oxygen atoms in total. The third kappa shape index (κ3) is 5.28. The van der Waals surface area contributed by atoms with Gasteiger partial charge in [-0.05, 0) is 135 Å². The van der Waals surface area contributed by atoms with E-state index >= 15 is 0 Å². The average molecular weight is 821 g/mol. The molecule has 11 aromatic rings. The van der Waals surface area contributed by atoms with Crippen molar-refractivity contribution in [1.29, 1.82) is 0 Å². The van der Waals surface area contributed by atoms with Crippen LogP contribution in [0.2, 0.25) is 0 Å². The summed E-state index contributed by atoms with van der Waals surface area (Å²) in [7, 11) is 0. The molecule has 1 spiro atoms. The number of anilines is 6. The van der Waals surface area contributed by atoms with Gasteiger partial charge in [0.1, 0.15) is 0 Å². The van der Waals surface area contributed by atoms with E-state index in [9.17, 15) is 2.74 Å². The number of rotatable bonds is 7. The Morgan fingerprint density at radius 1 is 0.328 bits per heavy atom. The van der Waals surface area contributed by atoms with Crippen LogP contribution in [-0.4, -0.2) is 4.57 Å². The fourth-order valence-corrected chi connectivity index (χ4v) is 10.7. The number of aromatic nitrogens is 1. The Hall–Kier alpha value is -8.40. The number of para-hydroxylation sites is 5. The van der Waals surface area contributed by atoms with Crippen molar-refractivity contribution in [3.8, 4) is 27.9 Å². The van der Waals surface area contributed by atoms with E-state index in [1.165, 1.54) is 0 Å². The van der Waals surface area contributed by atoms with E-state index in [4.69, 9.17) is 4.11 Å². The highest BCUT2D eigenvalue weighted by atomic mass is 15.1. The predicted molar refractivity (Wildman–Crippen MR) is 266 cm³/mol. The summed E-state index contributed by atoms with van der Waals surface area (Å²) in [6.07, 6.45) is 0. The van der Waals surface area contributed by atoms with Gasteiger partial charge >= 0.3 is 0 Å². The Morgan fingerprint density at radius 3 is 1.39 bits per heavy atom. The summed E-state index contributed by atoms with van der Waals surface area (Å²) in [4.78, 5) is 4.18. The van der Waals surface area contributed by atoms with E-state index in [0.717, 1.165) is 89.1 Å². The van der Waals surface area contributed by atoms with Crippen molar-refractivity contribution in [2.75, 3.05) is 9.80 Å². The monoisotopic (exact) mass is 820 g/mol. The highest BCUT2D eigenvalue weighted by molar-refractivity contribution is 6.10. The fourth-order valence-electron chi connectivity index (χ4n) is 10.7. The lowest BCUT2D eigenvalue weighted by atomic mass is 9.70. The largest absolute Gasteiger partial charge is 0.310 e. The predicted octanol–water partition coefficient (Wildman–Crippen LogP) is 16.1. The van der Waals surface area contributed by atoms with Crippen LogP contribution in [0.25, 0.3) is 49.7 Å². The summed E-state index contributed by atoms with van der Waals surface area (Å²) in [6.45, 7) is 0. The number of fused-ring (bicyclic) bond motifs is 13. The molecule has 300 valence electrons. The Labute approximate surface area is 380 Å². The molecule has 2 aliphatic rings. The molecule has 1 heterocycles. The van der Waals surface area contributed by atoms with Crippen LogP contribution >= 0.6 is 0 Å². The van der Waals surface area contributed by atoms with Gasteiger partial charge in [0, 0.05) is 50.6 Å². The zero-order chi connectivity index (χ0) is 46.5. The quantitative estimate of drug-likeness (QED) is 0.159. The van der Waals surface area contributed by atoms with Gasteiger partial charge in [-0.3, -0.25) is 0 Å². The Bertz CT molecular complexity index is 3790.